The molecule has 0 unspecified atom stereocenters. The molecular weight excluding hydrogens is 317 g/mol. The van der Waals surface area contributed by atoms with Gasteiger partial charge in [0.2, 0.25) is 0 Å². The predicted octanol–water partition coefficient (Wildman–Crippen LogP) is 1.56. The second kappa shape index (κ2) is 5.69. The van der Waals surface area contributed by atoms with E-state index >= 15 is 0 Å². The first kappa shape index (κ1) is 15.5. The molecule has 0 atom stereocenters. The molecule has 3 aromatic rings. The third-order valence-electron chi connectivity index (χ3n) is 3.43. The van der Waals surface area contributed by atoms with Gasteiger partial charge in [-0.2, -0.15) is 0 Å². The number of rotatable bonds is 3. The highest BCUT2D eigenvalue weighted by atomic mass is 32.1. The van der Waals surface area contributed by atoms with Crippen molar-refractivity contribution in [1.29, 1.82) is 0 Å². The number of fused-ring (bicyclic) bond motifs is 1. The molecule has 116 valence electrons. The molecule has 0 radical (unpaired) electrons. The van der Waals surface area contributed by atoms with Crippen molar-refractivity contribution in [3.8, 4) is 10.6 Å². The quantitative estimate of drug-likeness (QED) is 0.429. The third-order valence-corrected chi connectivity index (χ3v) is 4.52. The smallest absolute Gasteiger partial charge is 0.423 e. The van der Waals surface area contributed by atoms with Gasteiger partial charge >= 0.3 is 7.12 Å². The lowest BCUT2D eigenvalue weighted by molar-refractivity contribution is -0.383. The minimum Gasteiger partial charge on any atom is -0.423 e. The van der Waals surface area contributed by atoms with Gasteiger partial charge in [0, 0.05) is 11.5 Å². The number of nitro groups is 1. The lowest BCUT2D eigenvalue weighted by atomic mass is 9.79. The van der Waals surface area contributed by atoms with E-state index in [0.29, 0.717) is 11.1 Å². The zero-order valence-corrected chi connectivity index (χ0v) is 13.2. The van der Waals surface area contributed by atoms with E-state index in [9.17, 15) is 20.2 Å². The van der Waals surface area contributed by atoms with Gasteiger partial charge in [0.1, 0.15) is 5.52 Å². The van der Waals surface area contributed by atoms with Crippen molar-refractivity contribution in [2.24, 2.45) is 0 Å². The van der Waals surface area contributed by atoms with Crippen molar-refractivity contribution >= 4 is 40.5 Å². The summed E-state index contributed by atoms with van der Waals surface area (Å²) < 4.78 is 0. The molecule has 0 saturated carbocycles. The van der Waals surface area contributed by atoms with Crippen LogP contribution in [0.3, 0.4) is 0 Å². The lowest BCUT2D eigenvalue weighted by Gasteiger charge is -2.06. The molecular formula is C14H12BN3O4S. The van der Waals surface area contributed by atoms with E-state index in [0.717, 1.165) is 21.6 Å². The van der Waals surface area contributed by atoms with Gasteiger partial charge in [0.25, 0.3) is 5.69 Å². The number of nitrogens with zero attached hydrogens (tertiary/aromatic N) is 3. The summed E-state index contributed by atoms with van der Waals surface area (Å²) in [5, 5.41) is 31.2. The molecule has 1 aromatic carbocycles. The molecule has 0 amide bonds. The summed E-state index contributed by atoms with van der Waals surface area (Å²) >= 11 is 1.47. The minimum atomic E-state index is -1.77. The molecule has 2 aromatic heterocycles. The van der Waals surface area contributed by atoms with Gasteiger partial charge in [-0.1, -0.05) is 12.1 Å². The second-order valence-electron chi connectivity index (χ2n) is 5.09. The van der Waals surface area contributed by atoms with Crippen LogP contribution in [0.25, 0.3) is 21.5 Å². The summed E-state index contributed by atoms with van der Waals surface area (Å²) in [5.41, 5.74) is 1.45. The molecule has 23 heavy (non-hydrogen) atoms. The molecule has 7 nitrogen and oxygen atoms in total. The normalized spacial score (nSPS) is 11.0. The molecule has 2 N–H and O–H groups in total. The number of hydrogen-bond donors (Lipinski definition) is 2. The molecule has 0 aliphatic heterocycles. The molecule has 0 aliphatic carbocycles. The zero-order valence-electron chi connectivity index (χ0n) is 12.3. The molecule has 0 spiro atoms. The van der Waals surface area contributed by atoms with Gasteiger partial charge in [0.05, 0.1) is 26.2 Å². The van der Waals surface area contributed by atoms with Gasteiger partial charge in [-0.25, -0.2) is 9.97 Å². The number of hydrogen-bond acceptors (Lipinski definition) is 7. The van der Waals surface area contributed by atoms with Crippen LogP contribution >= 0.6 is 11.3 Å². The summed E-state index contributed by atoms with van der Waals surface area (Å²) in [6.07, 6.45) is 0. The van der Waals surface area contributed by atoms with E-state index in [4.69, 9.17) is 0 Å². The van der Waals surface area contributed by atoms with Gasteiger partial charge in [0.15, 0.2) is 0 Å². The van der Waals surface area contributed by atoms with Crippen LogP contribution in [0.2, 0.25) is 0 Å². The summed E-state index contributed by atoms with van der Waals surface area (Å²) in [5.74, 6) is 0. The third kappa shape index (κ3) is 2.81. The average molecular weight is 329 g/mol. The summed E-state index contributed by atoms with van der Waals surface area (Å²) in [6.45, 7) is 3.75. The fourth-order valence-electron chi connectivity index (χ4n) is 2.42. The van der Waals surface area contributed by atoms with Crippen LogP contribution in [0.1, 0.15) is 10.7 Å². The van der Waals surface area contributed by atoms with Crippen molar-refractivity contribution in [3.05, 3.63) is 45.1 Å². The Morgan fingerprint density at radius 3 is 2.52 bits per heavy atom. The van der Waals surface area contributed by atoms with E-state index < -0.39 is 12.0 Å². The summed E-state index contributed by atoms with van der Waals surface area (Å²) in [7, 11) is -1.77. The standard InChI is InChI=1S/C14H12BN3O4S/c1-7-14(23-8(2)16-7)11-4-3-9-5-10(15(19)20)6-12(18(21)22)13(9)17-11/h3-6,19-20H,1-2H3. The van der Waals surface area contributed by atoms with E-state index in [1.165, 1.54) is 17.4 Å². The van der Waals surface area contributed by atoms with Crippen LogP contribution in [0.15, 0.2) is 24.3 Å². The Labute approximate surface area is 135 Å². The molecule has 0 fully saturated rings. The zero-order chi connectivity index (χ0) is 16.7. The number of non-ortho nitro benzene ring substituents is 1. The van der Waals surface area contributed by atoms with Crippen LogP contribution in [-0.2, 0) is 0 Å². The Kier molecular flexibility index (Phi) is 3.84. The van der Waals surface area contributed by atoms with Crippen LogP contribution in [0, 0.1) is 24.0 Å². The number of thiazole rings is 1. The van der Waals surface area contributed by atoms with E-state index in [2.05, 4.69) is 9.97 Å². The van der Waals surface area contributed by atoms with Gasteiger partial charge in [-0.15, -0.1) is 11.3 Å². The second-order valence-corrected chi connectivity index (χ2v) is 6.29. The predicted molar refractivity (Wildman–Crippen MR) is 88.8 cm³/mol. The highest BCUT2D eigenvalue weighted by Gasteiger charge is 2.21. The number of nitro benzene ring substituents is 1. The van der Waals surface area contributed by atoms with E-state index in [-0.39, 0.29) is 16.7 Å². The van der Waals surface area contributed by atoms with Crippen LogP contribution < -0.4 is 5.46 Å². The summed E-state index contributed by atoms with van der Waals surface area (Å²) in [6, 6.07) is 6.05. The molecule has 0 saturated heterocycles. The number of pyridine rings is 1. The fraction of sp³-hybridized carbons (Fsp3) is 0.143. The molecule has 0 bridgehead atoms. The van der Waals surface area contributed by atoms with Crippen molar-refractivity contribution in [2.75, 3.05) is 0 Å². The maximum atomic E-state index is 11.3. The summed E-state index contributed by atoms with van der Waals surface area (Å²) in [4.78, 5) is 20.3. The van der Waals surface area contributed by atoms with Crippen LogP contribution in [-0.4, -0.2) is 32.1 Å². The fourth-order valence-corrected chi connectivity index (χ4v) is 3.31. The topological polar surface area (TPSA) is 109 Å². The highest BCUT2D eigenvalue weighted by molar-refractivity contribution is 7.15. The van der Waals surface area contributed by atoms with Gasteiger partial charge in [-0.3, -0.25) is 10.1 Å². The lowest BCUT2D eigenvalue weighted by Crippen LogP contribution is -2.30. The highest BCUT2D eigenvalue weighted by Crippen LogP contribution is 2.31. The average Bonchev–Trinajstić information content (AvgIpc) is 2.83. The van der Waals surface area contributed by atoms with Crippen molar-refractivity contribution in [3.63, 3.8) is 0 Å². The number of aromatic nitrogens is 2. The first-order chi connectivity index (χ1) is 10.9. The van der Waals surface area contributed by atoms with Gasteiger partial charge in [-0.05, 0) is 25.4 Å². The van der Waals surface area contributed by atoms with Crippen LogP contribution in [0.4, 0.5) is 5.69 Å². The Hall–Kier alpha value is -2.36. The van der Waals surface area contributed by atoms with Crippen LogP contribution in [0.5, 0.6) is 0 Å². The minimum absolute atomic E-state index is 0.0589. The number of aryl methyl sites for hydroxylation is 2. The Bertz CT molecular complexity index is 926. The van der Waals surface area contributed by atoms with Crippen molar-refractivity contribution in [2.45, 2.75) is 13.8 Å². The number of benzene rings is 1. The monoisotopic (exact) mass is 329 g/mol. The molecule has 0 aliphatic rings. The largest absolute Gasteiger partial charge is 0.488 e. The van der Waals surface area contributed by atoms with Crippen molar-refractivity contribution in [1.82, 2.24) is 9.97 Å². The molecule has 2 heterocycles. The Balaban J connectivity index is 2.27. The molecule has 3 rings (SSSR count). The first-order valence-electron chi connectivity index (χ1n) is 6.76. The Morgan fingerprint density at radius 1 is 1.22 bits per heavy atom. The van der Waals surface area contributed by atoms with Gasteiger partial charge < -0.3 is 10.0 Å². The SMILES string of the molecule is Cc1nc(C)c(-c2ccc3cc(B(O)O)cc([N+](=O)[O-])c3n2)s1. The van der Waals surface area contributed by atoms with Crippen molar-refractivity contribution < 1.29 is 15.0 Å². The van der Waals surface area contributed by atoms with E-state index in [1.807, 2.05) is 13.8 Å². The van der Waals surface area contributed by atoms with E-state index in [1.54, 1.807) is 12.1 Å². The maximum absolute atomic E-state index is 11.3. The first-order valence-corrected chi connectivity index (χ1v) is 7.58. The maximum Gasteiger partial charge on any atom is 0.488 e. The molecule has 9 heteroatoms. The Morgan fingerprint density at radius 2 is 1.96 bits per heavy atom.